The lowest BCUT2D eigenvalue weighted by Crippen LogP contribution is -2.41. The first-order valence-corrected chi connectivity index (χ1v) is 5.19. The number of Topliss-reactive ketones (excluding diaryl/α,β-unsaturated/α-hetero) is 1. The highest BCUT2D eigenvalue weighted by atomic mass is 16.5. The molecule has 0 spiro atoms. The van der Waals surface area contributed by atoms with Gasteiger partial charge in [0.2, 0.25) is 0 Å². The number of carbonyl (C=O) groups excluding carboxylic acids is 1. The van der Waals surface area contributed by atoms with Crippen LogP contribution in [0.25, 0.3) is 11.2 Å². The highest BCUT2D eigenvalue weighted by Gasteiger charge is 2.14. The molecule has 8 nitrogen and oxygen atoms in total. The number of H-pyrrole nitrogens is 1. The average Bonchev–Trinajstić information content (AvgIpc) is 2.81. The molecular formula is C10H12N4O4. The van der Waals surface area contributed by atoms with Crippen LogP contribution in [0.5, 0.6) is 0 Å². The average molecular weight is 252 g/mol. The summed E-state index contributed by atoms with van der Waals surface area (Å²) in [4.78, 5) is 41.9. The summed E-state index contributed by atoms with van der Waals surface area (Å²) >= 11 is 0. The zero-order valence-corrected chi connectivity index (χ0v) is 9.97. The third-order valence-electron chi connectivity index (χ3n) is 2.55. The van der Waals surface area contributed by atoms with E-state index in [2.05, 4.69) is 14.7 Å². The van der Waals surface area contributed by atoms with Crippen LogP contribution < -0.4 is 11.2 Å². The number of rotatable bonds is 4. The molecule has 8 heteroatoms. The van der Waals surface area contributed by atoms with Crippen molar-refractivity contribution in [3.63, 3.8) is 0 Å². The van der Waals surface area contributed by atoms with Gasteiger partial charge in [0, 0.05) is 14.2 Å². The standard InChI is InChI=1S/C10H12N4O4/c1-13-8-7(11-5-12-8)9(16)14(10(13)17)3-6(15)4-18-2/h5H,3-4H2,1-2H3,(H,11,12). The van der Waals surface area contributed by atoms with E-state index < -0.39 is 11.2 Å². The number of hydrogen-bond donors (Lipinski definition) is 1. The Kier molecular flexibility index (Phi) is 3.11. The second-order valence-electron chi connectivity index (χ2n) is 3.81. The van der Waals surface area contributed by atoms with Gasteiger partial charge in [-0.15, -0.1) is 0 Å². The van der Waals surface area contributed by atoms with Crippen molar-refractivity contribution < 1.29 is 9.53 Å². The van der Waals surface area contributed by atoms with E-state index in [4.69, 9.17) is 0 Å². The first-order valence-electron chi connectivity index (χ1n) is 5.19. The molecule has 2 aromatic heterocycles. The van der Waals surface area contributed by atoms with Gasteiger partial charge in [-0.05, 0) is 0 Å². The smallest absolute Gasteiger partial charge is 0.332 e. The molecule has 0 fully saturated rings. The topological polar surface area (TPSA) is 99.0 Å². The van der Waals surface area contributed by atoms with Crippen molar-refractivity contribution in [3.05, 3.63) is 27.2 Å². The van der Waals surface area contributed by atoms with Gasteiger partial charge in [-0.2, -0.15) is 0 Å². The number of aromatic amines is 1. The van der Waals surface area contributed by atoms with Gasteiger partial charge in [-0.25, -0.2) is 9.78 Å². The first kappa shape index (κ1) is 12.2. The molecule has 0 aliphatic heterocycles. The number of carbonyl (C=O) groups is 1. The Hall–Kier alpha value is -2.22. The van der Waals surface area contributed by atoms with Gasteiger partial charge in [0.15, 0.2) is 11.4 Å². The van der Waals surface area contributed by atoms with E-state index in [1.807, 2.05) is 0 Å². The van der Waals surface area contributed by atoms with Crippen LogP contribution in [0.15, 0.2) is 15.9 Å². The molecular weight excluding hydrogens is 240 g/mol. The number of methoxy groups -OCH3 is 1. The van der Waals surface area contributed by atoms with Gasteiger partial charge in [0.1, 0.15) is 12.1 Å². The zero-order valence-electron chi connectivity index (χ0n) is 9.97. The third kappa shape index (κ3) is 1.86. The second kappa shape index (κ2) is 4.57. The summed E-state index contributed by atoms with van der Waals surface area (Å²) in [5, 5.41) is 0. The Morgan fingerprint density at radius 3 is 2.89 bits per heavy atom. The zero-order chi connectivity index (χ0) is 13.3. The van der Waals surface area contributed by atoms with Crippen LogP contribution in [0, 0.1) is 0 Å². The largest absolute Gasteiger partial charge is 0.377 e. The van der Waals surface area contributed by atoms with Gasteiger partial charge in [0.05, 0.1) is 12.9 Å². The van der Waals surface area contributed by atoms with Gasteiger partial charge in [-0.1, -0.05) is 0 Å². The maximum absolute atomic E-state index is 12.0. The molecule has 2 heterocycles. The normalized spacial score (nSPS) is 11.0. The number of aryl methyl sites for hydroxylation is 1. The number of nitrogens with zero attached hydrogens (tertiary/aromatic N) is 3. The number of imidazole rings is 1. The van der Waals surface area contributed by atoms with Crippen molar-refractivity contribution in [1.82, 2.24) is 19.1 Å². The molecule has 0 aliphatic carbocycles. The minimum absolute atomic E-state index is 0.142. The number of nitrogens with one attached hydrogen (secondary N) is 1. The molecule has 0 unspecified atom stereocenters. The SMILES string of the molecule is COCC(=O)Cn1c(=O)c2[nH]cnc2n(C)c1=O. The van der Waals surface area contributed by atoms with Crippen LogP contribution in [-0.4, -0.2) is 38.6 Å². The van der Waals surface area contributed by atoms with E-state index in [0.717, 1.165) is 4.57 Å². The summed E-state index contributed by atoms with van der Waals surface area (Å²) in [5.74, 6) is -0.351. The lowest BCUT2D eigenvalue weighted by Gasteiger charge is -2.06. The first-order chi connectivity index (χ1) is 8.56. The summed E-state index contributed by atoms with van der Waals surface area (Å²) in [6.45, 7) is -0.453. The Morgan fingerprint density at radius 1 is 1.50 bits per heavy atom. The number of aromatic nitrogens is 4. The summed E-state index contributed by atoms with van der Waals surface area (Å²) in [7, 11) is 2.86. The quantitative estimate of drug-likeness (QED) is 0.724. The maximum atomic E-state index is 12.0. The molecule has 0 amide bonds. The predicted molar refractivity (Wildman–Crippen MR) is 62.5 cm³/mol. The predicted octanol–water partition coefficient (Wildman–Crippen LogP) is -1.36. The number of ketones is 1. The molecule has 0 bridgehead atoms. The highest BCUT2D eigenvalue weighted by Crippen LogP contribution is 1.98. The summed E-state index contributed by atoms with van der Waals surface area (Å²) in [6.07, 6.45) is 1.33. The highest BCUT2D eigenvalue weighted by molar-refractivity contribution is 5.79. The molecule has 2 rings (SSSR count). The van der Waals surface area contributed by atoms with Crippen molar-refractivity contribution >= 4 is 16.9 Å². The van der Waals surface area contributed by atoms with Gasteiger partial charge < -0.3 is 9.72 Å². The van der Waals surface area contributed by atoms with E-state index in [0.29, 0.717) is 0 Å². The van der Waals surface area contributed by atoms with Crippen molar-refractivity contribution in [1.29, 1.82) is 0 Å². The number of fused-ring (bicyclic) bond motifs is 1. The molecule has 96 valence electrons. The van der Waals surface area contributed by atoms with Crippen LogP contribution in [0.3, 0.4) is 0 Å². The van der Waals surface area contributed by atoms with Crippen molar-refractivity contribution in [2.24, 2.45) is 7.05 Å². The number of hydrogen-bond acceptors (Lipinski definition) is 5. The lowest BCUT2D eigenvalue weighted by atomic mass is 10.4. The molecule has 2 aromatic rings. The fourth-order valence-corrected chi connectivity index (χ4v) is 1.71. The Balaban J connectivity index is 2.60. The van der Waals surface area contributed by atoms with E-state index >= 15 is 0 Å². The Bertz CT molecular complexity index is 709. The van der Waals surface area contributed by atoms with Crippen molar-refractivity contribution in [3.8, 4) is 0 Å². The summed E-state index contributed by atoms with van der Waals surface area (Å²) in [6, 6.07) is 0. The third-order valence-corrected chi connectivity index (χ3v) is 2.55. The van der Waals surface area contributed by atoms with E-state index in [1.165, 1.54) is 25.1 Å². The van der Waals surface area contributed by atoms with E-state index in [1.54, 1.807) is 0 Å². The fraction of sp³-hybridized carbons (Fsp3) is 0.400. The van der Waals surface area contributed by atoms with E-state index in [9.17, 15) is 14.4 Å². The van der Waals surface area contributed by atoms with Crippen LogP contribution in [0.4, 0.5) is 0 Å². The Morgan fingerprint density at radius 2 is 2.22 bits per heavy atom. The molecule has 0 atom stereocenters. The Labute approximate surface area is 101 Å². The second-order valence-corrected chi connectivity index (χ2v) is 3.81. The lowest BCUT2D eigenvalue weighted by molar-refractivity contribution is -0.123. The van der Waals surface area contributed by atoms with E-state index in [-0.39, 0.29) is 30.1 Å². The van der Waals surface area contributed by atoms with Crippen LogP contribution in [0.1, 0.15) is 0 Å². The van der Waals surface area contributed by atoms with Gasteiger partial charge in [-0.3, -0.25) is 18.7 Å². The monoisotopic (exact) mass is 252 g/mol. The maximum Gasteiger partial charge on any atom is 0.332 e. The molecule has 0 radical (unpaired) electrons. The van der Waals surface area contributed by atoms with Crippen LogP contribution in [0.2, 0.25) is 0 Å². The molecule has 1 N–H and O–H groups in total. The minimum atomic E-state index is -0.580. The van der Waals surface area contributed by atoms with Crippen LogP contribution in [-0.2, 0) is 23.1 Å². The van der Waals surface area contributed by atoms with Gasteiger partial charge in [0.25, 0.3) is 5.56 Å². The molecule has 0 saturated carbocycles. The summed E-state index contributed by atoms with van der Waals surface area (Å²) < 4.78 is 6.74. The molecule has 18 heavy (non-hydrogen) atoms. The van der Waals surface area contributed by atoms with Crippen molar-refractivity contribution in [2.75, 3.05) is 13.7 Å². The molecule has 0 aromatic carbocycles. The van der Waals surface area contributed by atoms with Gasteiger partial charge >= 0.3 is 5.69 Å². The fourth-order valence-electron chi connectivity index (χ4n) is 1.71. The number of ether oxygens (including phenoxy) is 1. The molecule has 0 aliphatic rings. The molecule has 0 saturated heterocycles. The van der Waals surface area contributed by atoms with Crippen LogP contribution >= 0.6 is 0 Å². The minimum Gasteiger partial charge on any atom is -0.377 e. The van der Waals surface area contributed by atoms with Crippen molar-refractivity contribution in [2.45, 2.75) is 6.54 Å². The summed E-state index contributed by atoms with van der Waals surface area (Å²) in [5.41, 5.74) is -0.679.